The van der Waals surface area contributed by atoms with E-state index in [1.807, 2.05) is 0 Å². The quantitative estimate of drug-likeness (QED) is 0.365. The van der Waals surface area contributed by atoms with E-state index in [2.05, 4.69) is 5.32 Å². The first-order chi connectivity index (χ1) is 9.49. The van der Waals surface area contributed by atoms with E-state index in [-0.39, 0.29) is 22.0 Å². The number of non-ortho nitro benzene ring substituents is 1. The highest BCUT2D eigenvalue weighted by Crippen LogP contribution is 2.33. The summed E-state index contributed by atoms with van der Waals surface area (Å²) in [5.74, 6) is 0.383. The Morgan fingerprint density at radius 2 is 2.20 bits per heavy atom. The van der Waals surface area contributed by atoms with Crippen LogP contribution >= 0.6 is 11.6 Å². The van der Waals surface area contributed by atoms with Gasteiger partial charge in [0.2, 0.25) is 0 Å². The van der Waals surface area contributed by atoms with Crippen LogP contribution in [0.25, 0.3) is 0 Å². The molecule has 2 rings (SSSR count). The third-order valence-corrected chi connectivity index (χ3v) is 3.65. The summed E-state index contributed by atoms with van der Waals surface area (Å²) in [5.41, 5.74) is 5.57. The molecule has 1 aliphatic rings. The number of hydrogen-bond acceptors (Lipinski definition) is 4. The van der Waals surface area contributed by atoms with E-state index in [4.69, 9.17) is 17.3 Å². The maximum atomic E-state index is 12.0. The molecule has 0 aromatic heterocycles. The number of hydrogen-bond donors (Lipinski definition) is 2. The van der Waals surface area contributed by atoms with Crippen molar-refractivity contribution >= 4 is 28.9 Å². The van der Waals surface area contributed by atoms with Crippen LogP contribution < -0.4 is 11.1 Å². The Hall–Kier alpha value is -1.82. The van der Waals surface area contributed by atoms with Crippen molar-refractivity contribution in [3.8, 4) is 0 Å². The van der Waals surface area contributed by atoms with E-state index >= 15 is 0 Å². The Labute approximate surface area is 121 Å². The lowest BCUT2D eigenvalue weighted by atomic mass is 10.1. The highest BCUT2D eigenvalue weighted by atomic mass is 35.5. The molecule has 6 nitrogen and oxygen atoms in total. The fourth-order valence-electron chi connectivity index (χ4n) is 1.99. The van der Waals surface area contributed by atoms with Crippen molar-refractivity contribution in [2.24, 2.45) is 5.92 Å². The van der Waals surface area contributed by atoms with Gasteiger partial charge in [-0.15, -0.1) is 0 Å². The first-order valence-electron chi connectivity index (χ1n) is 6.50. The van der Waals surface area contributed by atoms with Gasteiger partial charge >= 0.3 is 0 Å². The van der Waals surface area contributed by atoms with E-state index in [1.54, 1.807) is 0 Å². The van der Waals surface area contributed by atoms with E-state index in [1.165, 1.54) is 12.8 Å². The lowest BCUT2D eigenvalue weighted by molar-refractivity contribution is -0.384. The molecule has 0 atom stereocenters. The van der Waals surface area contributed by atoms with Gasteiger partial charge in [0, 0.05) is 18.7 Å². The molecule has 1 aliphatic carbocycles. The summed E-state index contributed by atoms with van der Waals surface area (Å²) in [6.45, 7) is 0.537. The minimum Gasteiger partial charge on any atom is -0.397 e. The molecule has 1 saturated carbocycles. The van der Waals surface area contributed by atoms with E-state index < -0.39 is 10.8 Å². The first-order valence-corrected chi connectivity index (χ1v) is 6.88. The number of amides is 1. The van der Waals surface area contributed by atoms with Gasteiger partial charge in [0.05, 0.1) is 21.2 Å². The minimum atomic E-state index is -0.602. The summed E-state index contributed by atoms with van der Waals surface area (Å²) in [6.07, 6.45) is 4.56. The molecule has 0 unspecified atom stereocenters. The van der Waals surface area contributed by atoms with Crippen molar-refractivity contribution in [3.63, 3.8) is 0 Å². The standard InChI is InChI=1S/C13H16ClN3O3/c14-11-7-9(17(19)20)6-10(12(11)15)13(18)16-5-1-2-8-3-4-8/h6-8H,1-5,15H2,(H,16,18). The molecule has 0 aliphatic heterocycles. The largest absolute Gasteiger partial charge is 0.397 e. The second-order valence-corrected chi connectivity index (χ2v) is 5.39. The molecule has 1 aromatic carbocycles. The zero-order chi connectivity index (χ0) is 14.7. The number of halogens is 1. The van der Waals surface area contributed by atoms with Crippen molar-refractivity contribution in [1.29, 1.82) is 0 Å². The fraction of sp³-hybridized carbons (Fsp3) is 0.462. The van der Waals surface area contributed by atoms with E-state index in [9.17, 15) is 14.9 Å². The van der Waals surface area contributed by atoms with Gasteiger partial charge in [-0.05, 0) is 18.8 Å². The van der Waals surface area contributed by atoms with Crippen molar-refractivity contribution in [2.75, 3.05) is 12.3 Å². The number of carbonyl (C=O) groups is 1. The van der Waals surface area contributed by atoms with Crippen molar-refractivity contribution in [1.82, 2.24) is 5.32 Å². The number of nitrogens with two attached hydrogens (primary N) is 1. The molecule has 7 heteroatoms. The SMILES string of the molecule is Nc1c(Cl)cc([N+](=O)[O-])cc1C(=O)NCCCC1CC1. The molecule has 0 heterocycles. The molecule has 108 valence electrons. The predicted octanol–water partition coefficient (Wildman–Crippen LogP) is 2.75. The molecular formula is C13H16ClN3O3. The number of nitrogens with one attached hydrogen (secondary N) is 1. The summed E-state index contributed by atoms with van der Waals surface area (Å²) in [5, 5.41) is 13.5. The van der Waals surface area contributed by atoms with Gasteiger partial charge in [-0.25, -0.2) is 0 Å². The van der Waals surface area contributed by atoms with Crippen LogP contribution in [0.4, 0.5) is 11.4 Å². The van der Waals surface area contributed by atoms with Gasteiger partial charge in [-0.1, -0.05) is 24.4 Å². The maximum absolute atomic E-state index is 12.0. The predicted molar refractivity (Wildman–Crippen MR) is 76.8 cm³/mol. The summed E-state index contributed by atoms with van der Waals surface area (Å²) in [6, 6.07) is 2.29. The van der Waals surface area contributed by atoms with Crippen LogP contribution in [-0.2, 0) is 0 Å². The Morgan fingerprint density at radius 1 is 1.50 bits per heavy atom. The van der Waals surface area contributed by atoms with Crippen molar-refractivity contribution in [2.45, 2.75) is 25.7 Å². The summed E-state index contributed by atoms with van der Waals surface area (Å²) in [4.78, 5) is 22.1. The average Bonchev–Trinajstić information content (AvgIpc) is 3.21. The lowest BCUT2D eigenvalue weighted by Crippen LogP contribution is -2.25. The molecule has 0 spiro atoms. The third kappa shape index (κ3) is 3.60. The maximum Gasteiger partial charge on any atom is 0.271 e. The highest BCUT2D eigenvalue weighted by Gasteiger charge is 2.21. The van der Waals surface area contributed by atoms with Gasteiger partial charge in [-0.2, -0.15) is 0 Å². The van der Waals surface area contributed by atoms with E-state index in [0.29, 0.717) is 6.54 Å². The van der Waals surface area contributed by atoms with E-state index in [0.717, 1.165) is 30.9 Å². The normalized spacial score (nSPS) is 14.1. The fourth-order valence-corrected chi connectivity index (χ4v) is 2.20. The Balaban J connectivity index is 2.01. The highest BCUT2D eigenvalue weighted by molar-refractivity contribution is 6.34. The Bertz CT molecular complexity index is 544. The monoisotopic (exact) mass is 297 g/mol. The number of benzene rings is 1. The molecule has 0 bridgehead atoms. The van der Waals surface area contributed by atoms with Crippen LogP contribution in [0.3, 0.4) is 0 Å². The van der Waals surface area contributed by atoms with Gasteiger partial charge < -0.3 is 11.1 Å². The van der Waals surface area contributed by atoms with Gasteiger partial charge in [-0.3, -0.25) is 14.9 Å². The number of anilines is 1. The molecular weight excluding hydrogens is 282 g/mol. The minimum absolute atomic E-state index is 0.0160. The van der Waals surface area contributed by atoms with Crippen LogP contribution in [0.5, 0.6) is 0 Å². The third-order valence-electron chi connectivity index (χ3n) is 3.34. The molecule has 1 amide bonds. The Morgan fingerprint density at radius 3 is 2.80 bits per heavy atom. The molecule has 0 radical (unpaired) electrons. The number of nitro groups is 1. The molecule has 3 N–H and O–H groups in total. The number of carbonyl (C=O) groups excluding carboxylic acids is 1. The van der Waals surface area contributed by atoms with Crippen molar-refractivity contribution < 1.29 is 9.72 Å². The van der Waals surface area contributed by atoms with Gasteiger partial charge in [0.1, 0.15) is 0 Å². The lowest BCUT2D eigenvalue weighted by Gasteiger charge is -2.08. The second kappa shape index (κ2) is 6.09. The zero-order valence-corrected chi connectivity index (χ0v) is 11.7. The molecule has 0 saturated heterocycles. The van der Waals surface area contributed by atoms with Crippen LogP contribution in [0.2, 0.25) is 5.02 Å². The average molecular weight is 298 g/mol. The smallest absolute Gasteiger partial charge is 0.271 e. The van der Waals surface area contributed by atoms with Crippen LogP contribution in [-0.4, -0.2) is 17.4 Å². The molecule has 1 fully saturated rings. The topological polar surface area (TPSA) is 98.3 Å². The number of rotatable bonds is 6. The van der Waals surface area contributed by atoms with Crippen LogP contribution in [0, 0.1) is 16.0 Å². The van der Waals surface area contributed by atoms with Crippen molar-refractivity contribution in [3.05, 3.63) is 32.8 Å². The number of nitro benzene ring substituents is 1. The Kier molecular flexibility index (Phi) is 4.44. The summed E-state index contributed by atoms with van der Waals surface area (Å²) >= 11 is 5.81. The van der Waals surface area contributed by atoms with Crippen LogP contribution in [0.15, 0.2) is 12.1 Å². The molecule has 1 aromatic rings. The molecule has 20 heavy (non-hydrogen) atoms. The summed E-state index contributed by atoms with van der Waals surface area (Å²) in [7, 11) is 0. The van der Waals surface area contributed by atoms with Crippen LogP contribution in [0.1, 0.15) is 36.0 Å². The van der Waals surface area contributed by atoms with Gasteiger partial charge in [0.15, 0.2) is 0 Å². The summed E-state index contributed by atoms with van der Waals surface area (Å²) < 4.78 is 0. The number of nitrogens with zero attached hydrogens (tertiary/aromatic N) is 1. The van der Waals surface area contributed by atoms with Gasteiger partial charge in [0.25, 0.3) is 11.6 Å². The zero-order valence-electron chi connectivity index (χ0n) is 10.9. The number of nitrogen functional groups attached to an aromatic ring is 1. The second-order valence-electron chi connectivity index (χ2n) is 4.99. The first kappa shape index (κ1) is 14.6.